The van der Waals surface area contributed by atoms with E-state index in [4.69, 9.17) is 32.5 Å². The number of benzene rings is 2. The van der Waals surface area contributed by atoms with Crippen molar-refractivity contribution in [1.82, 2.24) is 9.88 Å². The molecule has 2 bridgehead atoms. The molecular weight excluding hydrogens is 620 g/mol. The van der Waals surface area contributed by atoms with Crippen molar-refractivity contribution in [2.75, 3.05) is 17.2 Å². The highest BCUT2D eigenvalue weighted by molar-refractivity contribution is 7.90. The number of fused-ring (bicyclic) bond motifs is 2. The van der Waals surface area contributed by atoms with Gasteiger partial charge in [-0.1, -0.05) is 41.3 Å². The third kappa shape index (κ3) is 5.86. The number of rotatable bonds is 9. The first kappa shape index (κ1) is 29.9. The van der Waals surface area contributed by atoms with Gasteiger partial charge in [0.05, 0.1) is 21.5 Å². The number of sulfonamides is 1. The number of esters is 1. The Morgan fingerprint density at radius 1 is 1.16 bits per heavy atom. The van der Waals surface area contributed by atoms with E-state index in [1.807, 2.05) is 9.62 Å². The second-order valence-electron chi connectivity index (χ2n) is 11.5. The highest BCUT2D eigenvalue weighted by atomic mass is 35.5. The summed E-state index contributed by atoms with van der Waals surface area (Å²) in [5.74, 6) is -1.68. The maximum Gasteiger partial charge on any atom is 0.344 e. The van der Waals surface area contributed by atoms with Gasteiger partial charge in [-0.3, -0.25) is 4.79 Å². The lowest BCUT2D eigenvalue weighted by Gasteiger charge is -2.40. The van der Waals surface area contributed by atoms with E-state index in [-0.39, 0.29) is 34.5 Å². The zero-order valence-corrected chi connectivity index (χ0v) is 25.7. The highest BCUT2D eigenvalue weighted by Gasteiger charge is 2.50. The van der Waals surface area contributed by atoms with Crippen LogP contribution < -0.4 is 9.62 Å². The number of amides is 1. The molecule has 0 spiro atoms. The van der Waals surface area contributed by atoms with Crippen LogP contribution in [0.25, 0.3) is 11.3 Å². The van der Waals surface area contributed by atoms with Crippen LogP contribution in [0.1, 0.15) is 84.3 Å². The van der Waals surface area contributed by atoms with Crippen molar-refractivity contribution in [2.24, 2.45) is 0 Å². The molecule has 6 rings (SSSR count). The topological polar surface area (TPSA) is 119 Å². The summed E-state index contributed by atoms with van der Waals surface area (Å²) in [7, 11) is -3.79. The lowest BCUT2D eigenvalue weighted by molar-refractivity contribution is -0.0232. The van der Waals surface area contributed by atoms with Gasteiger partial charge in [-0.15, -0.1) is 0 Å². The second-order valence-corrected chi connectivity index (χ2v) is 14.1. The van der Waals surface area contributed by atoms with Crippen LogP contribution in [0, 0.1) is 5.82 Å². The van der Waals surface area contributed by atoms with Crippen LogP contribution in [-0.4, -0.2) is 49.4 Å². The van der Waals surface area contributed by atoms with Crippen LogP contribution in [0.4, 0.5) is 10.1 Å². The van der Waals surface area contributed by atoms with Crippen LogP contribution in [0.5, 0.6) is 0 Å². The Morgan fingerprint density at radius 3 is 2.58 bits per heavy atom. The van der Waals surface area contributed by atoms with Crippen LogP contribution in [0.15, 0.2) is 40.9 Å². The highest BCUT2D eigenvalue weighted by Crippen LogP contribution is 2.49. The molecule has 1 N–H and O–H groups in total. The standard InChI is InChI=1S/C30H30Cl2FN3O6S/c1-2-14-43(39,40)35-28(37)18-8-9-23(22(33)15-18)36-13-12-30(11-10-19(36)16-30)41-29(38)25-26(34-42-27(25)17-6-7-17)24-20(31)4-3-5-21(24)32/h3-5,8-9,15,17,19H,2,6-7,10-14,16H2,1H3,(H,35,37)/t19-,30?/m0/s1. The lowest BCUT2D eigenvalue weighted by atomic mass is 9.92. The maximum atomic E-state index is 15.3. The molecule has 3 aromatic rings. The Balaban J connectivity index is 1.19. The third-order valence-corrected chi connectivity index (χ3v) is 10.5. The molecule has 43 heavy (non-hydrogen) atoms. The summed E-state index contributed by atoms with van der Waals surface area (Å²) >= 11 is 12.9. The first-order valence-corrected chi connectivity index (χ1v) is 16.7. The van der Waals surface area contributed by atoms with E-state index in [0.717, 1.165) is 18.9 Å². The zero-order chi connectivity index (χ0) is 30.5. The summed E-state index contributed by atoms with van der Waals surface area (Å²) in [6.07, 6.45) is 4.36. The Hall–Kier alpha value is -3.15. The summed E-state index contributed by atoms with van der Waals surface area (Å²) in [4.78, 5) is 28.2. The molecule has 1 unspecified atom stereocenters. The molecule has 9 nitrogen and oxygen atoms in total. The molecule has 2 aromatic carbocycles. The number of piperidine rings is 1. The van der Waals surface area contributed by atoms with Gasteiger partial charge >= 0.3 is 5.97 Å². The Labute approximate surface area is 258 Å². The molecule has 2 aliphatic carbocycles. The third-order valence-electron chi connectivity index (χ3n) is 8.41. The fraction of sp³-hybridized carbons (Fsp3) is 0.433. The average Bonchev–Trinajstić information content (AvgIpc) is 3.62. The number of hydrogen-bond donors (Lipinski definition) is 1. The van der Waals surface area contributed by atoms with Crippen LogP contribution in [0.2, 0.25) is 10.0 Å². The molecule has 2 atom stereocenters. The van der Waals surface area contributed by atoms with E-state index in [2.05, 4.69) is 5.16 Å². The Kier molecular flexibility index (Phi) is 7.93. The van der Waals surface area contributed by atoms with Crippen molar-refractivity contribution in [3.05, 3.63) is 69.1 Å². The van der Waals surface area contributed by atoms with E-state index in [9.17, 15) is 18.0 Å². The van der Waals surface area contributed by atoms with E-state index < -0.39 is 33.3 Å². The van der Waals surface area contributed by atoms with Crippen molar-refractivity contribution in [3.63, 3.8) is 0 Å². The second kappa shape index (κ2) is 11.4. The number of halogens is 3. The van der Waals surface area contributed by atoms with E-state index in [1.165, 1.54) is 12.1 Å². The Bertz CT molecular complexity index is 1690. The molecule has 2 heterocycles. The van der Waals surface area contributed by atoms with Crippen molar-refractivity contribution in [2.45, 2.75) is 69.4 Å². The molecule has 1 saturated heterocycles. The molecule has 1 aliphatic heterocycles. The average molecular weight is 651 g/mol. The molecule has 2 saturated carbocycles. The number of ether oxygens (including phenoxy) is 1. The molecule has 3 aliphatic rings. The molecule has 1 amide bonds. The van der Waals surface area contributed by atoms with Gasteiger partial charge in [0.2, 0.25) is 10.0 Å². The van der Waals surface area contributed by atoms with Crippen LogP contribution >= 0.6 is 23.2 Å². The van der Waals surface area contributed by atoms with Gasteiger partial charge < -0.3 is 14.2 Å². The van der Waals surface area contributed by atoms with Crippen molar-refractivity contribution in [1.29, 1.82) is 0 Å². The predicted octanol–water partition coefficient (Wildman–Crippen LogP) is 6.49. The van der Waals surface area contributed by atoms with Gasteiger partial charge in [0.1, 0.15) is 22.7 Å². The van der Waals surface area contributed by atoms with Crippen molar-refractivity contribution < 1.29 is 31.7 Å². The van der Waals surface area contributed by atoms with E-state index in [1.54, 1.807) is 25.1 Å². The van der Waals surface area contributed by atoms with Gasteiger partial charge in [-0.05, 0) is 62.4 Å². The quantitative estimate of drug-likeness (QED) is 0.261. The minimum Gasteiger partial charge on any atom is -0.455 e. The van der Waals surface area contributed by atoms with E-state index in [0.29, 0.717) is 65.7 Å². The minimum absolute atomic E-state index is 0.0812. The monoisotopic (exact) mass is 649 g/mol. The fourth-order valence-corrected chi connectivity index (χ4v) is 7.81. The molecule has 13 heteroatoms. The molecule has 3 fully saturated rings. The molecular formula is C30H30Cl2FN3O6S. The normalized spacial score (nSPS) is 21.6. The van der Waals surface area contributed by atoms with Gasteiger partial charge in [0.15, 0.2) is 5.76 Å². The molecule has 1 aromatic heterocycles. The number of aromatic nitrogens is 1. The smallest absolute Gasteiger partial charge is 0.344 e. The van der Waals surface area contributed by atoms with Crippen LogP contribution in [-0.2, 0) is 14.8 Å². The van der Waals surface area contributed by atoms with Gasteiger partial charge in [0.25, 0.3) is 5.91 Å². The summed E-state index contributed by atoms with van der Waals surface area (Å²) in [6.45, 7) is 2.11. The number of hydrogen-bond acceptors (Lipinski definition) is 8. The Morgan fingerprint density at radius 2 is 1.91 bits per heavy atom. The van der Waals surface area contributed by atoms with Crippen molar-refractivity contribution >= 4 is 50.8 Å². The number of nitrogens with one attached hydrogen (secondary N) is 1. The number of nitrogens with zero attached hydrogens (tertiary/aromatic N) is 2. The number of carbonyl (C=O) groups is 2. The largest absolute Gasteiger partial charge is 0.455 e. The lowest BCUT2D eigenvalue weighted by Crippen LogP contribution is -2.47. The fourth-order valence-electron chi connectivity index (χ4n) is 6.19. The molecule has 0 radical (unpaired) electrons. The summed E-state index contributed by atoms with van der Waals surface area (Å²) in [5.41, 5.74) is 0.425. The predicted molar refractivity (Wildman–Crippen MR) is 160 cm³/mol. The summed E-state index contributed by atoms with van der Waals surface area (Å²) < 4.78 is 53.1. The number of carbonyl (C=O) groups excluding carboxylic acids is 2. The first-order valence-electron chi connectivity index (χ1n) is 14.3. The number of anilines is 1. The first-order chi connectivity index (χ1) is 20.5. The van der Waals surface area contributed by atoms with Crippen LogP contribution in [0.3, 0.4) is 0 Å². The molecule has 228 valence electrons. The SMILES string of the molecule is CCCS(=O)(=O)NC(=O)c1ccc(N2CCC3(OC(=O)c4c(-c5c(Cl)cccc5Cl)noc4C4CC4)CC[C@H]2C3)c(F)c1. The van der Waals surface area contributed by atoms with Gasteiger partial charge in [-0.25, -0.2) is 22.3 Å². The van der Waals surface area contributed by atoms with Crippen molar-refractivity contribution in [3.8, 4) is 11.3 Å². The van der Waals surface area contributed by atoms with E-state index >= 15 is 4.39 Å². The summed E-state index contributed by atoms with van der Waals surface area (Å²) in [5, 5.41) is 4.89. The maximum absolute atomic E-state index is 15.3. The van der Waals surface area contributed by atoms with Gasteiger partial charge in [0, 0.05) is 42.5 Å². The van der Waals surface area contributed by atoms with Gasteiger partial charge in [-0.2, -0.15) is 0 Å². The minimum atomic E-state index is -3.79. The zero-order valence-electron chi connectivity index (χ0n) is 23.4. The summed E-state index contributed by atoms with van der Waals surface area (Å²) in [6, 6.07) is 8.92.